The number of nitrogens with one attached hydrogen (secondary N) is 1. The molecule has 6 N–H and O–H groups in total. The van der Waals surface area contributed by atoms with E-state index >= 15 is 0 Å². The molecule has 3 aromatic rings. The van der Waals surface area contributed by atoms with Crippen molar-refractivity contribution in [1.29, 1.82) is 0 Å². The van der Waals surface area contributed by atoms with Crippen molar-refractivity contribution in [2.75, 3.05) is 40.8 Å². The van der Waals surface area contributed by atoms with Gasteiger partial charge in [0.05, 0.1) is 41.5 Å². The van der Waals surface area contributed by atoms with Crippen LogP contribution in [0.1, 0.15) is 92.9 Å². The number of thiophene rings is 1. The smallest absolute Gasteiger partial charge is 0.312 e. The molecule has 3 fully saturated rings. The molecule has 4 aliphatic rings. The zero-order chi connectivity index (χ0) is 53.3. The van der Waals surface area contributed by atoms with E-state index in [1.54, 1.807) is 27.7 Å². The van der Waals surface area contributed by atoms with Crippen LogP contribution in [0.5, 0.6) is 0 Å². The maximum absolute atomic E-state index is 14.5. The number of likely N-dealkylation sites (N-methyl/N-ethyl adjacent to an activating group) is 1. The number of carbonyl (C=O) groups is 1. The number of aliphatic hydroxyl groups is 5. The Balaban J connectivity index is 1.15. The van der Waals surface area contributed by atoms with Crippen molar-refractivity contribution in [2.45, 2.75) is 193 Å². The van der Waals surface area contributed by atoms with Crippen LogP contribution in [0.3, 0.4) is 0 Å². The van der Waals surface area contributed by atoms with Gasteiger partial charge in [-0.1, -0.05) is 62.0 Å². The maximum atomic E-state index is 14.5. The van der Waals surface area contributed by atoms with Gasteiger partial charge < -0.3 is 64.2 Å². The van der Waals surface area contributed by atoms with E-state index in [0.29, 0.717) is 39.0 Å². The first-order valence-electron chi connectivity index (χ1n) is 26.0. The van der Waals surface area contributed by atoms with Gasteiger partial charge in [0.25, 0.3) is 0 Å². The lowest BCUT2D eigenvalue weighted by Crippen LogP contribution is -2.60. The van der Waals surface area contributed by atoms with Crippen LogP contribution in [0.15, 0.2) is 64.4 Å². The first kappa shape index (κ1) is 58.8. The molecule has 3 saturated heterocycles. The number of ether oxygens (including phenoxy) is 6. The Kier molecular flexibility index (Phi) is 19.7. The quantitative estimate of drug-likeness (QED) is 0.0358. The lowest BCUT2D eigenvalue weighted by atomic mass is 9.77. The van der Waals surface area contributed by atoms with Crippen LogP contribution in [0, 0.1) is 17.8 Å². The molecule has 408 valence electrons. The van der Waals surface area contributed by atoms with Crippen LogP contribution in [-0.2, 0) is 39.8 Å². The minimum absolute atomic E-state index is 0.115. The molecule has 2 aromatic carbocycles. The summed E-state index contributed by atoms with van der Waals surface area (Å²) in [6.07, 6.45) is -7.06. The fraction of sp³-hybridized carbons (Fsp3) is 0.691. The summed E-state index contributed by atoms with van der Waals surface area (Å²) in [5.74, 6) is -2.77. The van der Waals surface area contributed by atoms with E-state index in [9.17, 15) is 30.3 Å². The maximum Gasteiger partial charge on any atom is 0.312 e. The monoisotopic (exact) mass is 1170 g/mol. The number of hydrogen-bond donors (Lipinski definition) is 6. The summed E-state index contributed by atoms with van der Waals surface area (Å²) < 4.78 is 36.9. The van der Waals surface area contributed by atoms with E-state index in [1.807, 2.05) is 92.4 Å². The zero-order valence-electron chi connectivity index (χ0n) is 44.7. The third kappa shape index (κ3) is 13.2. The number of carbonyl (C=O) groups excluding carboxylic acids is 1. The molecule has 18 heteroatoms. The summed E-state index contributed by atoms with van der Waals surface area (Å²) in [5, 5.41) is 63.8. The van der Waals surface area contributed by atoms with E-state index in [2.05, 4.69) is 64.8 Å². The molecule has 0 aliphatic carbocycles. The van der Waals surface area contributed by atoms with E-state index < -0.39 is 94.0 Å². The number of methoxy groups -OCH3 is 1. The second-order valence-electron chi connectivity index (χ2n) is 22.2. The molecule has 5 heterocycles. The van der Waals surface area contributed by atoms with Crippen LogP contribution in [0.4, 0.5) is 0 Å². The topological polar surface area (TPSA) is 192 Å². The molecular formula is C55H82IN3O12S2. The zero-order valence-corrected chi connectivity index (χ0v) is 48.5. The summed E-state index contributed by atoms with van der Waals surface area (Å²) in [5.41, 5.74) is -0.837. The number of fused-ring (bicyclic) bond motifs is 5. The minimum atomic E-state index is -1.90. The van der Waals surface area contributed by atoms with E-state index in [1.165, 1.54) is 50.3 Å². The molecule has 18 atom stereocenters. The number of benzene rings is 2. The van der Waals surface area contributed by atoms with E-state index in [-0.39, 0.29) is 30.9 Å². The second-order valence-corrected chi connectivity index (χ2v) is 25.6. The summed E-state index contributed by atoms with van der Waals surface area (Å²) in [7, 11) is 5.31. The van der Waals surface area contributed by atoms with Gasteiger partial charge in [0.15, 0.2) is 16.7 Å². The number of rotatable bonds is 12. The average Bonchev–Trinajstić information content (AvgIpc) is 3.71. The van der Waals surface area contributed by atoms with Gasteiger partial charge in [0, 0.05) is 75.3 Å². The van der Waals surface area contributed by atoms with E-state index in [4.69, 9.17) is 28.4 Å². The summed E-state index contributed by atoms with van der Waals surface area (Å²) >= 11 is 5.50. The standard InChI is InChI=1S/C55H82IN3O12S2/c1-30-26-53(7,64)49(70-51-44(60)40(58(10)11)24-31(2)67-51)32(3)45(69-43-27-54(8,66-12)48(62)35(6)68-43)33(4)50(63)71-52(56)55(9,65)47(61)34(5)59(29-30)23-17-22-57-28-36-25-39-37-18-13-15-20-41(37)73-42-21-16-14-19-38(42)46(39)72-36/h13-16,18-21,25,30-35,40,43-45,47-49,51-52,57,60-62,64-65H,17,22-24,26-29H2,1-12H3/t30-,31-,32+,33-,34-,35+,40+,43+,44-,45+,47-,48+,49-,51+,52+,53-,54-,55+/m1/s1. The highest BCUT2D eigenvalue weighted by atomic mass is 127. The highest BCUT2D eigenvalue weighted by Crippen LogP contribution is 2.51. The highest BCUT2D eigenvalue weighted by molar-refractivity contribution is 14.1. The molecular weight excluding hydrogens is 1090 g/mol. The summed E-state index contributed by atoms with van der Waals surface area (Å²) in [4.78, 5) is 23.6. The molecule has 15 nitrogen and oxygen atoms in total. The average molecular weight is 1170 g/mol. The molecule has 0 saturated carbocycles. The molecule has 0 amide bonds. The van der Waals surface area contributed by atoms with Gasteiger partial charge in [-0.3, -0.25) is 9.69 Å². The number of hydrogen-bond acceptors (Lipinski definition) is 17. The normalized spacial score (nSPS) is 39.1. The number of nitrogens with zero attached hydrogens (tertiary/aromatic N) is 2. The van der Waals surface area contributed by atoms with Crippen molar-refractivity contribution < 1.29 is 58.7 Å². The van der Waals surface area contributed by atoms with Crippen molar-refractivity contribution in [3.63, 3.8) is 0 Å². The van der Waals surface area contributed by atoms with Crippen molar-refractivity contribution >= 4 is 51.7 Å². The second kappa shape index (κ2) is 24.5. The van der Waals surface area contributed by atoms with Gasteiger partial charge in [0.1, 0.15) is 23.9 Å². The Bertz CT molecular complexity index is 2240. The van der Waals surface area contributed by atoms with E-state index in [0.717, 1.165) is 0 Å². The first-order chi connectivity index (χ1) is 34.4. The molecule has 0 unspecified atom stereocenters. The predicted molar refractivity (Wildman–Crippen MR) is 292 cm³/mol. The Labute approximate surface area is 455 Å². The van der Waals surface area contributed by atoms with Crippen LogP contribution in [-0.4, -0.2) is 170 Å². The van der Waals surface area contributed by atoms with Crippen LogP contribution in [0.2, 0.25) is 0 Å². The van der Waals surface area contributed by atoms with Crippen LogP contribution < -0.4 is 5.32 Å². The highest BCUT2D eigenvalue weighted by Gasteiger charge is 2.53. The summed E-state index contributed by atoms with van der Waals surface area (Å²) in [6, 6.07) is 18.6. The largest absolute Gasteiger partial charge is 0.448 e. The SMILES string of the molecule is CO[C@]1(C)C[C@H](O[C@H]2[C@H](C)[C@@H](O[C@@H]3O[C@H](C)C[C@H](N(C)C)[C@H]3O)[C@](C)(O)C[C@@H](C)CN(CCCNCc3cc4c(s3)-c3ccccc3Sc3ccccc3-4)[C@H](C)[C@@H](O)[C@](C)(O)[C@@H](I)OC(=O)[C@@H]2C)O[C@@H](C)[C@@H]1O. The van der Waals surface area contributed by atoms with Gasteiger partial charge in [-0.15, -0.1) is 11.3 Å². The molecule has 73 heavy (non-hydrogen) atoms. The van der Waals surface area contributed by atoms with Crippen molar-refractivity contribution in [2.24, 2.45) is 17.8 Å². The Morgan fingerprint density at radius 1 is 0.890 bits per heavy atom. The van der Waals surface area contributed by atoms with Gasteiger partial charge in [-0.2, -0.15) is 0 Å². The number of halogens is 1. The molecule has 4 aliphatic heterocycles. The number of esters is 1. The number of aliphatic hydroxyl groups excluding tert-OH is 3. The fourth-order valence-corrected chi connectivity index (χ4v) is 14.5. The van der Waals surface area contributed by atoms with Crippen LogP contribution >= 0.6 is 45.7 Å². The lowest BCUT2D eigenvalue weighted by molar-refractivity contribution is -0.317. The van der Waals surface area contributed by atoms with Crippen LogP contribution in [0.25, 0.3) is 21.6 Å². The molecule has 7 rings (SSSR count). The van der Waals surface area contributed by atoms with Gasteiger partial charge in [-0.05, 0) is 147 Å². The predicted octanol–water partition coefficient (Wildman–Crippen LogP) is 7.29. The number of cyclic esters (lactones) is 1. The minimum Gasteiger partial charge on any atom is -0.448 e. The van der Waals surface area contributed by atoms with Crippen molar-refractivity contribution in [3.05, 3.63) is 59.5 Å². The van der Waals surface area contributed by atoms with Gasteiger partial charge in [0.2, 0.25) is 0 Å². The van der Waals surface area contributed by atoms with Gasteiger partial charge in [-0.25, -0.2) is 0 Å². The van der Waals surface area contributed by atoms with Crippen molar-refractivity contribution in [1.82, 2.24) is 15.1 Å². The fourth-order valence-electron chi connectivity index (χ4n) is 11.5. The molecule has 1 aromatic heterocycles. The third-order valence-corrected chi connectivity index (χ3v) is 19.7. The third-order valence-electron chi connectivity index (χ3n) is 15.8. The Morgan fingerprint density at radius 2 is 1.55 bits per heavy atom. The molecule has 0 bridgehead atoms. The number of alkyl halides is 1. The summed E-state index contributed by atoms with van der Waals surface area (Å²) in [6.45, 7) is 18.3. The Morgan fingerprint density at radius 3 is 2.22 bits per heavy atom. The lowest BCUT2D eigenvalue weighted by Gasteiger charge is -2.48. The van der Waals surface area contributed by atoms with Crippen molar-refractivity contribution in [3.8, 4) is 21.6 Å². The molecule has 0 radical (unpaired) electrons. The Hall–Kier alpha value is -1.83. The first-order valence-corrected chi connectivity index (χ1v) is 28.9. The molecule has 0 spiro atoms. The van der Waals surface area contributed by atoms with Gasteiger partial charge >= 0.3 is 5.97 Å².